The van der Waals surface area contributed by atoms with E-state index in [-0.39, 0.29) is 17.5 Å². The topological polar surface area (TPSA) is 97.3 Å². The Morgan fingerprint density at radius 3 is 2.53 bits per heavy atom. The molecule has 0 aliphatic carbocycles. The zero-order valence-corrected chi connectivity index (χ0v) is 16.5. The van der Waals surface area contributed by atoms with Crippen molar-refractivity contribution >= 4 is 28.5 Å². The van der Waals surface area contributed by atoms with Crippen LogP contribution in [0.15, 0.2) is 54.7 Å². The van der Waals surface area contributed by atoms with Gasteiger partial charge in [-0.25, -0.2) is 0 Å². The van der Waals surface area contributed by atoms with Crippen LogP contribution in [0.25, 0.3) is 10.9 Å². The van der Waals surface area contributed by atoms with Gasteiger partial charge in [0.2, 0.25) is 5.78 Å². The minimum absolute atomic E-state index is 0.0807. The molecule has 0 spiro atoms. The normalized spacial score (nSPS) is 16.3. The summed E-state index contributed by atoms with van der Waals surface area (Å²) in [6, 6.07) is 15.6. The third-order valence-corrected chi connectivity index (χ3v) is 5.45. The largest absolute Gasteiger partial charge is 0.360 e. The number of piperazine rings is 1. The minimum atomic E-state index is -0.614. The number of ketones is 1. The quantitative estimate of drug-likeness (QED) is 0.540. The Kier molecular flexibility index (Phi) is 5.07. The Bertz CT molecular complexity index is 1180. The van der Waals surface area contributed by atoms with Gasteiger partial charge in [0.15, 0.2) is 0 Å². The Balaban J connectivity index is 1.48. The lowest BCUT2D eigenvalue weighted by molar-refractivity contribution is -0.130. The zero-order valence-electron chi connectivity index (χ0n) is 16.5. The van der Waals surface area contributed by atoms with Crippen LogP contribution in [0, 0.1) is 11.3 Å². The van der Waals surface area contributed by atoms with Crippen molar-refractivity contribution in [2.75, 3.05) is 19.6 Å². The molecule has 0 unspecified atom stereocenters. The summed E-state index contributed by atoms with van der Waals surface area (Å²) in [5.74, 6) is -1.29. The van der Waals surface area contributed by atoms with E-state index in [1.807, 2.05) is 25.1 Å². The third-order valence-electron chi connectivity index (χ3n) is 5.45. The maximum atomic E-state index is 12.9. The van der Waals surface area contributed by atoms with Gasteiger partial charge in [0, 0.05) is 53.9 Å². The number of H-pyrrole nitrogens is 1. The lowest BCUT2D eigenvalue weighted by Gasteiger charge is -2.39. The Hall–Kier alpha value is -3.92. The second-order valence-electron chi connectivity index (χ2n) is 7.37. The molecule has 7 nitrogen and oxygen atoms in total. The summed E-state index contributed by atoms with van der Waals surface area (Å²) >= 11 is 0. The molecule has 1 fully saturated rings. The van der Waals surface area contributed by atoms with Gasteiger partial charge in [-0.3, -0.25) is 14.4 Å². The highest BCUT2D eigenvalue weighted by Gasteiger charge is 2.33. The Labute approximate surface area is 173 Å². The van der Waals surface area contributed by atoms with E-state index in [4.69, 9.17) is 0 Å². The number of nitrogens with zero attached hydrogens (tertiary/aromatic N) is 3. The molecular formula is C23H20N4O3. The molecule has 0 radical (unpaired) electrons. The van der Waals surface area contributed by atoms with E-state index in [0.29, 0.717) is 36.1 Å². The molecule has 1 saturated heterocycles. The van der Waals surface area contributed by atoms with E-state index < -0.39 is 11.7 Å². The standard InChI is InChI=1S/C23H20N4O3/c1-15-14-26(22(29)16-5-3-2-4-6-16)9-10-27(15)23(30)21(28)17-7-8-20-19(11-17)18(12-24)13-25-20/h2-8,11,13,15,25H,9-10,14H2,1H3/t15-/m1/s1. The van der Waals surface area contributed by atoms with Crippen LogP contribution in [-0.2, 0) is 4.79 Å². The molecular weight excluding hydrogens is 380 g/mol. The summed E-state index contributed by atoms with van der Waals surface area (Å²) in [5.41, 5.74) is 2.01. The molecule has 1 N–H and O–H groups in total. The highest BCUT2D eigenvalue weighted by molar-refractivity contribution is 6.43. The van der Waals surface area contributed by atoms with Gasteiger partial charge in [0.1, 0.15) is 6.07 Å². The molecule has 0 bridgehead atoms. The fourth-order valence-electron chi connectivity index (χ4n) is 3.82. The van der Waals surface area contributed by atoms with Crippen LogP contribution < -0.4 is 0 Å². The van der Waals surface area contributed by atoms with Gasteiger partial charge < -0.3 is 14.8 Å². The van der Waals surface area contributed by atoms with E-state index in [2.05, 4.69) is 11.1 Å². The molecule has 2 aromatic carbocycles. The summed E-state index contributed by atoms with van der Waals surface area (Å²) in [4.78, 5) is 44.6. The van der Waals surface area contributed by atoms with Crippen LogP contribution in [0.1, 0.15) is 33.2 Å². The van der Waals surface area contributed by atoms with E-state index in [1.165, 1.54) is 4.90 Å². The molecule has 30 heavy (non-hydrogen) atoms. The number of rotatable bonds is 3. The average Bonchev–Trinajstić information content (AvgIpc) is 3.20. The number of aromatic nitrogens is 1. The number of benzene rings is 2. The second-order valence-corrected chi connectivity index (χ2v) is 7.37. The number of aromatic amines is 1. The van der Waals surface area contributed by atoms with E-state index in [9.17, 15) is 19.6 Å². The maximum Gasteiger partial charge on any atom is 0.295 e. The number of nitrogens with one attached hydrogen (secondary N) is 1. The van der Waals surface area contributed by atoms with Crippen molar-refractivity contribution in [2.24, 2.45) is 0 Å². The first-order valence-corrected chi connectivity index (χ1v) is 9.70. The van der Waals surface area contributed by atoms with Crippen molar-refractivity contribution in [2.45, 2.75) is 13.0 Å². The van der Waals surface area contributed by atoms with Gasteiger partial charge in [-0.2, -0.15) is 5.26 Å². The Morgan fingerprint density at radius 2 is 1.83 bits per heavy atom. The number of hydrogen-bond acceptors (Lipinski definition) is 4. The fraction of sp³-hybridized carbons (Fsp3) is 0.217. The number of Topliss-reactive ketones (excluding diaryl/α,β-unsaturated/α-hetero) is 1. The number of amides is 2. The first kappa shape index (κ1) is 19.4. The van der Waals surface area contributed by atoms with Crippen LogP contribution in [-0.4, -0.2) is 58.1 Å². The van der Waals surface area contributed by atoms with Gasteiger partial charge in [0.05, 0.1) is 5.56 Å². The van der Waals surface area contributed by atoms with Crippen molar-refractivity contribution in [3.8, 4) is 6.07 Å². The second kappa shape index (κ2) is 7.84. The SMILES string of the molecule is C[C@@H]1CN(C(=O)c2ccccc2)CCN1C(=O)C(=O)c1ccc2[nH]cc(C#N)c2c1. The first-order chi connectivity index (χ1) is 14.5. The molecule has 1 aromatic heterocycles. The lowest BCUT2D eigenvalue weighted by Crippen LogP contribution is -2.56. The third kappa shape index (κ3) is 3.44. The molecule has 7 heteroatoms. The molecule has 1 atom stereocenters. The van der Waals surface area contributed by atoms with Gasteiger partial charge in [-0.1, -0.05) is 18.2 Å². The average molecular weight is 400 g/mol. The van der Waals surface area contributed by atoms with Crippen LogP contribution in [0.4, 0.5) is 0 Å². The van der Waals surface area contributed by atoms with Crippen LogP contribution in [0.3, 0.4) is 0 Å². The molecule has 1 aliphatic heterocycles. The number of hydrogen-bond donors (Lipinski definition) is 1. The van der Waals surface area contributed by atoms with Crippen molar-refractivity contribution in [3.05, 3.63) is 71.4 Å². The van der Waals surface area contributed by atoms with Gasteiger partial charge in [0.25, 0.3) is 11.8 Å². The number of nitriles is 1. The van der Waals surface area contributed by atoms with Crippen LogP contribution >= 0.6 is 0 Å². The summed E-state index contributed by atoms with van der Waals surface area (Å²) in [6.45, 7) is 2.85. The van der Waals surface area contributed by atoms with E-state index in [0.717, 1.165) is 5.52 Å². The van der Waals surface area contributed by atoms with Gasteiger partial charge >= 0.3 is 0 Å². The maximum absolute atomic E-state index is 12.9. The molecule has 4 rings (SSSR count). The molecule has 150 valence electrons. The predicted molar refractivity (Wildman–Crippen MR) is 111 cm³/mol. The first-order valence-electron chi connectivity index (χ1n) is 9.70. The fourth-order valence-corrected chi connectivity index (χ4v) is 3.82. The summed E-state index contributed by atoms with van der Waals surface area (Å²) in [6.07, 6.45) is 1.58. The zero-order chi connectivity index (χ0) is 21.3. The predicted octanol–water partition coefficient (Wildman–Crippen LogP) is 2.60. The summed E-state index contributed by atoms with van der Waals surface area (Å²) in [7, 11) is 0. The molecule has 0 saturated carbocycles. The lowest BCUT2D eigenvalue weighted by atomic mass is 10.0. The van der Waals surface area contributed by atoms with Gasteiger partial charge in [-0.15, -0.1) is 0 Å². The van der Waals surface area contributed by atoms with Crippen molar-refractivity contribution in [1.82, 2.24) is 14.8 Å². The van der Waals surface area contributed by atoms with Crippen molar-refractivity contribution < 1.29 is 14.4 Å². The molecule has 1 aliphatic rings. The summed E-state index contributed by atoms with van der Waals surface area (Å²) < 4.78 is 0. The molecule has 2 heterocycles. The van der Waals surface area contributed by atoms with Gasteiger partial charge in [-0.05, 0) is 37.3 Å². The highest BCUT2D eigenvalue weighted by Crippen LogP contribution is 2.21. The van der Waals surface area contributed by atoms with Crippen molar-refractivity contribution in [3.63, 3.8) is 0 Å². The van der Waals surface area contributed by atoms with E-state index in [1.54, 1.807) is 41.4 Å². The molecule has 3 aromatic rings. The smallest absolute Gasteiger partial charge is 0.295 e. The van der Waals surface area contributed by atoms with Crippen LogP contribution in [0.2, 0.25) is 0 Å². The van der Waals surface area contributed by atoms with E-state index >= 15 is 0 Å². The van der Waals surface area contributed by atoms with Crippen molar-refractivity contribution in [1.29, 1.82) is 5.26 Å². The number of fused-ring (bicyclic) bond motifs is 1. The Morgan fingerprint density at radius 1 is 1.07 bits per heavy atom. The number of carbonyl (C=O) groups excluding carboxylic acids is 3. The molecule has 2 amide bonds. The summed E-state index contributed by atoms with van der Waals surface area (Å²) in [5, 5.41) is 9.80. The minimum Gasteiger partial charge on any atom is -0.360 e. The highest BCUT2D eigenvalue weighted by atomic mass is 16.2. The van der Waals surface area contributed by atoms with Crippen LogP contribution in [0.5, 0.6) is 0 Å². The number of carbonyl (C=O) groups is 3. The monoisotopic (exact) mass is 400 g/mol.